The van der Waals surface area contributed by atoms with Gasteiger partial charge in [-0.15, -0.1) is 0 Å². The first-order valence-electron chi connectivity index (χ1n) is 11.2. The van der Waals surface area contributed by atoms with E-state index in [1.165, 1.54) is 24.0 Å². The van der Waals surface area contributed by atoms with Crippen LogP contribution in [-0.2, 0) is 22.6 Å². The number of nitrogens with zero attached hydrogens (tertiary/aromatic N) is 2. The minimum Gasteiger partial charge on any atom is -0.353 e. The summed E-state index contributed by atoms with van der Waals surface area (Å²) in [4.78, 5) is 29.4. The van der Waals surface area contributed by atoms with Crippen LogP contribution in [-0.4, -0.2) is 59.9 Å². The number of carbonyl (C=O) groups is 2. The van der Waals surface area contributed by atoms with Gasteiger partial charge in [0, 0.05) is 44.7 Å². The van der Waals surface area contributed by atoms with Gasteiger partial charge in [-0.3, -0.25) is 14.5 Å². The molecule has 0 radical (unpaired) electrons. The number of hydrogen-bond donors (Lipinski definition) is 2. The number of nitrogens with one attached hydrogen (secondary N) is 1. The zero-order valence-corrected chi connectivity index (χ0v) is 17.3. The number of hydrogen-bond acceptors (Lipinski definition) is 4. The zero-order valence-electron chi connectivity index (χ0n) is 17.3. The molecule has 6 heteroatoms. The number of benzene rings is 1. The molecule has 2 heterocycles. The maximum atomic E-state index is 13.2. The number of amides is 2. The third-order valence-corrected chi connectivity index (χ3v) is 6.77. The normalized spacial score (nSPS) is 24.8. The van der Waals surface area contributed by atoms with E-state index in [0.29, 0.717) is 25.0 Å². The molecular formula is C23H34N4O2. The largest absolute Gasteiger partial charge is 0.353 e. The molecule has 4 rings (SSSR count). The van der Waals surface area contributed by atoms with Crippen molar-refractivity contribution in [3.05, 3.63) is 35.4 Å². The molecule has 2 aliphatic heterocycles. The minimum absolute atomic E-state index is 0.0354. The number of likely N-dealkylation sites (tertiary alicyclic amines) is 1. The molecule has 1 saturated heterocycles. The highest BCUT2D eigenvalue weighted by molar-refractivity contribution is 5.78. The van der Waals surface area contributed by atoms with Crippen LogP contribution >= 0.6 is 0 Å². The lowest BCUT2D eigenvalue weighted by atomic mass is 10.0. The van der Waals surface area contributed by atoms with Gasteiger partial charge in [0.2, 0.25) is 11.8 Å². The highest BCUT2D eigenvalue weighted by atomic mass is 16.2. The fourth-order valence-electron chi connectivity index (χ4n) is 4.90. The van der Waals surface area contributed by atoms with Gasteiger partial charge in [0.1, 0.15) is 0 Å². The van der Waals surface area contributed by atoms with E-state index in [0.717, 1.165) is 51.2 Å². The number of aryl methyl sites for hydroxylation is 1. The molecule has 0 aromatic heterocycles. The average molecular weight is 399 g/mol. The molecule has 2 amide bonds. The Kier molecular flexibility index (Phi) is 6.50. The number of nitrogens with two attached hydrogens (primary N) is 1. The second kappa shape index (κ2) is 9.26. The Morgan fingerprint density at radius 1 is 1.07 bits per heavy atom. The van der Waals surface area contributed by atoms with E-state index in [1.807, 2.05) is 0 Å². The predicted octanol–water partition coefficient (Wildman–Crippen LogP) is 1.67. The Balaban J connectivity index is 1.38. The van der Waals surface area contributed by atoms with Crippen LogP contribution in [0.25, 0.3) is 0 Å². The highest BCUT2D eigenvalue weighted by Gasteiger charge is 2.38. The zero-order chi connectivity index (χ0) is 20.2. The van der Waals surface area contributed by atoms with Crippen molar-refractivity contribution in [2.24, 2.45) is 11.7 Å². The maximum absolute atomic E-state index is 13.2. The van der Waals surface area contributed by atoms with E-state index in [9.17, 15) is 9.59 Å². The predicted molar refractivity (Wildman–Crippen MR) is 113 cm³/mol. The monoisotopic (exact) mass is 398 g/mol. The summed E-state index contributed by atoms with van der Waals surface area (Å²) in [5.74, 6) is 0.946. The second-order valence-corrected chi connectivity index (χ2v) is 8.93. The van der Waals surface area contributed by atoms with Crippen LogP contribution < -0.4 is 11.1 Å². The van der Waals surface area contributed by atoms with Crippen LogP contribution in [0, 0.1) is 5.92 Å². The van der Waals surface area contributed by atoms with Gasteiger partial charge in [-0.25, -0.2) is 0 Å². The number of rotatable bonds is 7. The molecule has 0 unspecified atom stereocenters. The summed E-state index contributed by atoms with van der Waals surface area (Å²) in [5, 5.41) is 2.95. The third-order valence-electron chi connectivity index (χ3n) is 6.77. The second-order valence-electron chi connectivity index (χ2n) is 8.93. The third kappa shape index (κ3) is 5.17. The Bertz CT molecular complexity index is 733. The fraction of sp³-hybridized carbons (Fsp3) is 0.652. The van der Waals surface area contributed by atoms with Gasteiger partial charge in [-0.1, -0.05) is 24.3 Å². The molecule has 1 saturated carbocycles. The SMILES string of the molecule is NCC(=O)NC[C@@H]1CC[C@H](CC(=O)N2CCCc3ccccc3C2)N1CC1CC1. The van der Waals surface area contributed by atoms with Crippen LogP contribution in [0.1, 0.15) is 49.7 Å². The van der Waals surface area contributed by atoms with Crippen molar-refractivity contribution < 1.29 is 9.59 Å². The summed E-state index contributed by atoms with van der Waals surface area (Å²) in [5.41, 5.74) is 8.11. The first-order valence-corrected chi connectivity index (χ1v) is 11.2. The summed E-state index contributed by atoms with van der Waals surface area (Å²) in [6.07, 6.45) is 7.34. The van der Waals surface area contributed by atoms with Crippen molar-refractivity contribution in [3.63, 3.8) is 0 Å². The lowest BCUT2D eigenvalue weighted by molar-refractivity contribution is -0.133. The number of carbonyl (C=O) groups excluding carboxylic acids is 2. The average Bonchev–Trinajstić information content (AvgIpc) is 3.51. The molecule has 3 aliphatic rings. The van der Waals surface area contributed by atoms with Crippen molar-refractivity contribution >= 4 is 11.8 Å². The van der Waals surface area contributed by atoms with E-state index in [-0.39, 0.29) is 18.4 Å². The van der Waals surface area contributed by atoms with Gasteiger partial charge in [0.05, 0.1) is 6.54 Å². The van der Waals surface area contributed by atoms with Gasteiger partial charge in [-0.2, -0.15) is 0 Å². The van der Waals surface area contributed by atoms with Crippen molar-refractivity contribution in [1.29, 1.82) is 0 Å². The Morgan fingerprint density at radius 2 is 1.83 bits per heavy atom. The molecule has 1 aromatic rings. The van der Waals surface area contributed by atoms with Crippen LogP contribution in [0.3, 0.4) is 0 Å². The van der Waals surface area contributed by atoms with E-state index in [1.54, 1.807) is 0 Å². The molecule has 1 aliphatic carbocycles. The molecule has 0 spiro atoms. The molecule has 158 valence electrons. The summed E-state index contributed by atoms with van der Waals surface area (Å²) in [7, 11) is 0. The Labute approximate surface area is 173 Å². The molecule has 3 N–H and O–H groups in total. The Hall–Kier alpha value is -1.92. The van der Waals surface area contributed by atoms with Gasteiger partial charge < -0.3 is 16.0 Å². The molecule has 0 bridgehead atoms. The van der Waals surface area contributed by atoms with Crippen molar-refractivity contribution in [3.8, 4) is 0 Å². The van der Waals surface area contributed by atoms with E-state index >= 15 is 0 Å². The van der Waals surface area contributed by atoms with Gasteiger partial charge in [0.15, 0.2) is 0 Å². The molecule has 6 nitrogen and oxygen atoms in total. The van der Waals surface area contributed by atoms with E-state index < -0.39 is 0 Å². The van der Waals surface area contributed by atoms with Crippen LogP contribution in [0.5, 0.6) is 0 Å². The van der Waals surface area contributed by atoms with Gasteiger partial charge >= 0.3 is 0 Å². The Morgan fingerprint density at radius 3 is 2.59 bits per heavy atom. The molecule has 2 atom stereocenters. The fourth-order valence-corrected chi connectivity index (χ4v) is 4.90. The minimum atomic E-state index is -0.0980. The van der Waals surface area contributed by atoms with Crippen molar-refractivity contribution in [2.75, 3.05) is 26.2 Å². The summed E-state index contributed by atoms with van der Waals surface area (Å²) in [6.45, 7) is 3.32. The first-order chi connectivity index (χ1) is 14.1. The van der Waals surface area contributed by atoms with Crippen LogP contribution in [0.15, 0.2) is 24.3 Å². The van der Waals surface area contributed by atoms with Gasteiger partial charge in [0.25, 0.3) is 0 Å². The molecule has 29 heavy (non-hydrogen) atoms. The first kappa shape index (κ1) is 20.4. The summed E-state index contributed by atoms with van der Waals surface area (Å²) in [6, 6.07) is 9.13. The summed E-state index contributed by atoms with van der Waals surface area (Å²) < 4.78 is 0. The summed E-state index contributed by atoms with van der Waals surface area (Å²) >= 11 is 0. The smallest absolute Gasteiger partial charge is 0.233 e. The van der Waals surface area contributed by atoms with Crippen LogP contribution in [0.2, 0.25) is 0 Å². The van der Waals surface area contributed by atoms with E-state index in [2.05, 4.69) is 39.4 Å². The van der Waals surface area contributed by atoms with Gasteiger partial charge in [-0.05, 0) is 55.6 Å². The van der Waals surface area contributed by atoms with Crippen molar-refractivity contribution in [1.82, 2.24) is 15.1 Å². The maximum Gasteiger partial charge on any atom is 0.233 e. The molecule has 1 aromatic carbocycles. The highest BCUT2D eigenvalue weighted by Crippen LogP contribution is 2.35. The lowest BCUT2D eigenvalue weighted by Crippen LogP contribution is -2.46. The topological polar surface area (TPSA) is 78.7 Å². The molecular weight excluding hydrogens is 364 g/mol. The van der Waals surface area contributed by atoms with Crippen molar-refractivity contribution in [2.45, 2.75) is 63.6 Å². The lowest BCUT2D eigenvalue weighted by Gasteiger charge is -2.31. The molecule has 2 fully saturated rings. The number of fused-ring (bicyclic) bond motifs is 1. The quantitative estimate of drug-likeness (QED) is 0.732. The van der Waals surface area contributed by atoms with Crippen LogP contribution in [0.4, 0.5) is 0 Å². The van der Waals surface area contributed by atoms with E-state index in [4.69, 9.17) is 5.73 Å². The standard InChI is InChI=1S/C23H34N4O2/c24-13-22(28)25-14-21-10-9-20(27(21)15-17-7-8-17)12-23(29)26-11-3-6-18-4-1-2-5-19(18)16-26/h1-2,4-5,17,20-21H,3,6-16,24H2,(H,25,28)/t20-,21+/m1/s1.